The molecule has 8 heteroatoms. The number of hydrogen-bond acceptors (Lipinski definition) is 7. The lowest BCUT2D eigenvalue weighted by Crippen LogP contribution is -2.00. The molecule has 4 rings (SSSR count). The highest BCUT2D eigenvalue weighted by Crippen LogP contribution is 2.38. The quantitative estimate of drug-likeness (QED) is 0.470. The Bertz CT molecular complexity index is 1090. The van der Waals surface area contributed by atoms with Gasteiger partial charge in [0.05, 0.1) is 32.7 Å². The zero-order chi connectivity index (χ0) is 21.1. The first-order chi connectivity index (χ1) is 14.6. The Morgan fingerprint density at radius 2 is 1.73 bits per heavy atom. The number of allylic oxidation sites excluding steroid dienone is 1. The monoisotopic (exact) mass is 408 g/mol. The van der Waals surface area contributed by atoms with Crippen LogP contribution in [-0.4, -0.2) is 44.1 Å². The van der Waals surface area contributed by atoms with Crippen LogP contribution in [0.15, 0.2) is 42.5 Å². The van der Waals surface area contributed by atoms with Gasteiger partial charge in [-0.1, -0.05) is 0 Å². The highest BCUT2D eigenvalue weighted by Gasteiger charge is 2.17. The van der Waals surface area contributed by atoms with Crippen LogP contribution in [0.1, 0.15) is 16.1 Å². The third kappa shape index (κ3) is 3.67. The molecule has 2 aromatic carbocycles. The molecule has 0 unspecified atom stereocenters. The molecule has 0 atom stereocenters. The zero-order valence-electron chi connectivity index (χ0n) is 16.7. The Labute approximate surface area is 173 Å². The van der Waals surface area contributed by atoms with E-state index in [1.807, 2.05) is 24.3 Å². The van der Waals surface area contributed by atoms with Crippen molar-refractivity contribution in [3.8, 4) is 40.0 Å². The van der Waals surface area contributed by atoms with Crippen LogP contribution in [0.2, 0.25) is 0 Å². The number of rotatable bonds is 7. The number of methoxy groups -OCH3 is 3. The molecular formula is C22H20N2O6. The third-order valence-corrected chi connectivity index (χ3v) is 4.63. The van der Waals surface area contributed by atoms with Gasteiger partial charge in [0.15, 0.2) is 28.8 Å². The molecule has 0 amide bonds. The number of benzene rings is 2. The first kappa shape index (κ1) is 19.4. The number of H-pyrrole nitrogens is 1. The molecule has 0 spiro atoms. The van der Waals surface area contributed by atoms with Crippen molar-refractivity contribution in [3.63, 3.8) is 0 Å². The summed E-state index contributed by atoms with van der Waals surface area (Å²) in [6, 6.07) is 10.7. The Balaban J connectivity index is 1.54. The van der Waals surface area contributed by atoms with Gasteiger partial charge in [0, 0.05) is 11.1 Å². The van der Waals surface area contributed by atoms with Crippen LogP contribution >= 0.6 is 0 Å². The number of carbonyl (C=O) groups excluding carboxylic acids is 1. The summed E-state index contributed by atoms with van der Waals surface area (Å²) in [4.78, 5) is 12.7. The number of carbonyl (C=O) groups is 1. The minimum absolute atomic E-state index is 0.214. The number of aromatic nitrogens is 2. The SMILES string of the molecule is COc1cc(C(=O)/C=C/c2cc(-c3ccc4c(c3)OCO4)n[nH]2)cc(OC)c1OC. The second-order valence-electron chi connectivity index (χ2n) is 6.39. The fraction of sp³-hybridized carbons (Fsp3) is 0.182. The fourth-order valence-electron chi connectivity index (χ4n) is 3.11. The maximum absolute atomic E-state index is 12.7. The summed E-state index contributed by atoms with van der Waals surface area (Å²) < 4.78 is 26.6. The standard InChI is InChI=1S/C22H20N2O6/c1-26-20-9-14(10-21(27-2)22(20)28-3)17(25)6-5-15-11-16(24-23-15)13-4-7-18-19(8-13)30-12-29-18/h4-11H,12H2,1-3H3,(H,23,24)/b6-5+. The molecule has 1 aliphatic rings. The van der Waals surface area contributed by atoms with E-state index >= 15 is 0 Å². The van der Waals surface area contributed by atoms with E-state index in [-0.39, 0.29) is 12.6 Å². The van der Waals surface area contributed by atoms with E-state index in [1.54, 1.807) is 18.2 Å². The molecule has 1 aliphatic heterocycles. The van der Waals surface area contributed by atoms with Crippen LogP contribution in [0.3, 0.4) is 0 Å². The maximum atomic E-state index is 12.7. The van der Waals surface area contributed by atoms with Crippen LogP contribution < -0.4 is 23.7 Å². The molecular weight excluding hydrogens is 388 g/mol. The molecule has 154 valence electrons. The van der Waals surface area contributed by atoms with Crippen LogP contribution in [0, 0.1) is 0 Å². The van der Waals surface area contributed by atoms with Crippen LogP contribution in [0.4, 0.5) is 0 Å². The lowest BCUT2D eigenvalue weighted by Gasteiger charge is -2.13. The van der Waals surface area contributed by atoms with Gasteiger partial charge in [-0.25, -0.2) is 0 Å². The maximum Gasteiger partial charge on any atom is 0.231 e. The third-order valence-electron chi connectivity index (χ3n) is 4.63. The summed E-state index contributed by atoms with van der Waals surface area (Å²) in [5.41, 5.74) is 2.71. The molecule has 2 heterocycles. The molecule has 30 heavy (non-hydrogen) atoms. The van der Waals surface area contributed by atoms with Gasteiger partial charge in [-0.15, -0.1) is 0 Å². The van der Waals surface area contributed by atoms with Crippen molar-refractivity contribution in [3.05, 3.63) is 53.7 Å². The minimum atomic E-state index is -0.214. The summed E-state index contributed by atoms with van der Waals surface area (Å²) in [5.74, 6) is 2.45. The zero-order valence-corrected chi connectivity index (χ0v) is 16.7. The van der Waals surface area contributed by atoms with E-state index in [9.17, 15) is 4.79 Å². The highest BCUT2D eigenvalue weighted by molar-refractivity contribution is 6.07. The number of nitrogens with zero attached hydrogens (tertiary/aromatic N) is 1. The number of ether oxygens (including phenoxy) is 5. The summed E-state index contributed by atoms with van der Waals surface area (Å²) in [6.07, 6.45) is 3.12. The number of ketones is 1. The van der Waals surface area contributed by atoms with Gasteiger partial charge in [0.2, 0.25) is 12.5 Å². The molecule has 1 aromatic heterocycles. The van der Waals surface area contributed by atoms with Crippen molar-refractivity contribution in [2.75, 3.05) is 28.1 Å². The predicted molar refractivity (Wildman–Crippen MR) is 110 cm³/mol. The molecule has 0 saturated heterocycles. The normalized spacial score (nSPS) is 12.2. The molecule has 0 aliphatic carbocycles. The average molecular weight is 408 g/mol. The van der Waals surface area contributed by atoms with Crippen LogP contribution in [-0.2, 0) is 0 Å². The van der Waals surface area contributed by atoms with Gasteiger partial charge >= 0.3 is 0 Å². The van der Waals surface area contributed by atoms with E-state index in [4.69, 9.17) is 23.7 Å². The lowest BCUT2D eigenvalue weighted by atomic mass is 10.1. The topological polar surface area (TPSA) is 91.9 Å². The van der Waals surface area contributed by atoms with Crippen molar-refractivity contribution in [2.24, 2.45) is 0 Å². The summed E-state index contributed by atoms with van der Waals surface area (Å²) in [7, 11) is 4.52. The van der Waals surface area contributed by atoms with E-state index in [0.29, 0.717) is 40.0 Å². The number of aromatic amines is 1. The molecule has 0 bridgehead atoms. The second-order valence-corrected chi connectivity index (χ2v) is 6.39. The van der Waals surface area contributed by atoms with Gasteiger partial charge in [0.1, 0.15) is 0 Å². The Morgan fingerprint density at radius 1 is 1.00 bits per heavy atom. The highest BCUT2D eigenvalue weighted by atomic mass is 16.7. The first-order valence-electron chi connectivity index (χ1n) is 9.10. The summed E-state index contributed by atoms with van der Waals surface area (Å²) in [6.45, 7) is 0.219. The van der Waals surface area contributed by atoms with Gasteiger partial charge in [-0.2, -0.15) is 5.10 Å². The van der Waals surface area contributed by atoms with Crippen LogP contribution in [0.25, 0.3) is 17.3 Å². The van der Waals surface area contributed by atoms with E-state index < -0.39 is 0 Å². The van der Waals surface area contributed by atoms with Crippen molar-refractivity contribution < 1.29 is 28.5 Å². The van der Waals surface area contributed by atoms with Gasteiger partial charge < -0.3 is 23.7 Å². The van der Waals surface area contributed by atoms with Gasteiger partial charge in [0.25, 0.3) is 0 Å². The molecule has 0 fully saturated rings. The molecule has 3 aromatic rings. The van der Waals surface area contributed by atoms with Crippen molar-refractivity contribution in [1.29, 1.82) is 0 Å². The van der Waals surface area contributed by atoms with E-state index in [2.05, 4.69) is 10.2 Å². The Morgan fingerprint density at radius 3 is 2.43 bits per heavy atom. The predicted octanol–water partition coefficient (Wildman–Crippen LogP) is 3.73. The molecule has 0 saturated carbocycles. The van der Waals surface area contributed by atoms with Crippen LogP contribution in [0.5, 0.6) is 28.7 Å². The lowest BCUT2D eigenvalue weighted by molar-refractivity contribution is 0.104. The van der Waals surface area contributed by atoms with E-state index in [0.717, 1.165) is 11.3 Å². The minimum Gasteiger partial charge on any atom is -0.493 e. The Hall–Kier alpha value is -3.94. The second kappa shape index (κ2) is 8.20. The van der Waals surface area contributed by atoms with Crippen molar-refractivity contribution in [2.45, 2.75) is 0 Å². The number of fused-ring (bicyclic) bond motifs is 1. The fourth-order valence-corrected chi connectivity index (χ4v) is 3.11. The van der Waals surface area contributed by atoms with E-state index in [1.165, 1.54) is 27.4 Å². The van der Waals surface area contributed by atoms with Gasteiger partial charge in [-0.3, -0.25) is 9.89 Å². The summed E-state index contributed by atoms with van der Waals surface area (Å²) >= 11 is 0. The molecule has 1 N–H and O–H groups in total. The number of nitrogens with one attached hydrogen (secondary N) is 1. The van der Waals surface area contributed by atoms with Crippen molar-refractivity contribution in [1.82, 2.24) is 10.2 Å². The summed E-state index contributed by atoms with van der Waals surface area (Å²) in [5, 5.41) is 7.21. The number of hydrogen-bond donors (Lipinski definition) is 1. The molecule has 8 nitrogen and oxygen atoms in total. The molecule has 0 radical (unpaired) electrons. The largest absolute Gasteiger partial charge is 0.493 e. The Kier molecular flexibility index (Phi) is 5.30. The van der Waals surface area contributed by atoms with Gasteiger partial charge in [-0.05, 0) is 48.6 Å². The average Bonchev–Trinajstić information content (AvgIpc) is 3.45. The smallest absolute Gasteiger partial charge is 0.231 e. The van der Waals surface area contributed by atoms with Crippen molar-refractivity contribution >= 4 is 11.9 Å². The first-order valence-corrected chi connectivity index (χ1v) is 9.10.